The van der Waals surface area contributed by atoms with Gasteiger partial charge in [-0.2, -0.15) is 0 Å². The number of nitro groups is 1. The van der Waals surface area contributed by atoms with Crippen molar-refractivity contribution in [3.8, 4) is 0 Å². The van der Waals surface area contributed by atoms with Crippen LogP contribution in [-0.4, -0.2) is 16.5 Å². The lowest BCUT2D eigenvalue weighted by molar-refractivity contribution is -0.385. The summed E-state index contributed by atoms with van der Waals surface area (Å²) in [5.74, 6) is 0. The SMILES string of the molecule is CCCNc1cc(Sc2nccs2)cc([N+](=O)[O-])c1. The summed E-state index contributed by atoms with van der Waals surface area (Å²) in [6.45, 7) is 2.85. The van der Waals surface area contributed by atoms with E-state index in [2.05, 4.69) is 17.2 Å². The predicted molar refractivity (Wildman–Crippen MR) is 78.1 cm³/mol. The van der Waals surface area contributed by atoms with Gasteiger partial charge in [0, 0.05) is 40.8 Å². The van der Waals surface area contributed by atoms with E-state index in [1.54, 1.807) is 18.3 Å². The van der Waals surface area contributed by atoms with Gasteiger partial charge in [-0.25, -0.2) is 4.98 Å². The maximum absolute atomic E-state index is 10.9. The molecule has 0 spiro atoms. The molecule has 100 valence electrons. The van der Waals surface area contributed by atoms with Crippen LogP contribution in [0.25, 0.3) is 0 Å². The minimum atomic E-state index is -0.372. The molecular formula is C12H13N3O2S2. The number of nitrogens with zero attached hydrogens (tertiary/aromatic N) is 2. The summed E-state index contributed by atoms with van der Waals surface area (Å²) in [5.41, 5.74) is 0.871. The normalized spacial score (nSPS) is 10.4. The highest BCUT2D eigenvalue weighted by molar-refractivity contribution is 8.01. The molecule has 0 aliphatic carbocycles. The zero-order valence-electron chi connectivity index (χ0n) is 10.3. The fourth-order valence-electron chi connectivity index (χ4n) is 1.48. The number of hydrogen-bond donors (Lipinski definition) is 1. The summed E-state index contributed by atoms with van der Waals surface area (Å²) >= 11 is 2.95. The number of anilines is 1. The van der Waals surface area contributed by atoms with Crippen molar-refractivity contribution in [1.29, 1.82) is 0 Å². The molecule has 0 fully saturated rings. The molecule has 0 aliphatic heterocycles. The molecule has 0 unspecified atom stereocenters. The van der Waals surface area contributed by atoms with Crippen molar-refractivity contribution in [3.63, 3.8) is 0 Å². The molecule has 1 aromatic heterocycles. The number of nitro benzene ring substituents is 1. The van der Waals surface area contributed by atoms with Crippen LogP contribution >= 0.6 is 23.1 Å². The standard InChI is InChI=1S/C12H13N3O2S2/c1-2-3-13-9-6-10(15(16)17)8-11(7-9)19-12-14-4-5-18-12/h4-8,13H,2-3H2,1H3. The van der Waals surface area contributed by atoms with E-state index in [9.17, 15) is 10.1 Å². The van der Waals surface area contributed by atoms with Gasteiger partial charge in [-0.3, -0.25) is 10.1 Å². The molecule has 2 aromatic rings. The summed E-state index contributed by atoms with van der Waals surface area (Å²) < 4.78 is 0.877. The Morgan fingerprint density at radius 2 is 2.32 bits per heavy atom. The molecule has 19 heavy (non-hydrogen) atoms. The van der Waals surface area contributed by atoms with Crippen molar-refractivity contribution in [2.75, 3.05) is 11.9 Å². The molecule has 0 atom stereocenters. The lowest BCUT2D eigenvalue weighted by atomic mass is 10.2. The van der Waals surface area contributed by atoms with Gasteiger partial charge in [-0.15, -0.1) is 11.3 Å². The second-order valence-electron chi connectivity index (χ2n) is 3.80. The fourth-order valence-corrected chi connectivity index (χ4v) is 3.17. The second kappa shape index (κ2) is 6.53. The summed E-state index contributed by atoms with van der Waals surface area (Å²) in [4.78, 5) is 15.6. The van der Waals surface area contributed by atoms with Gasteiger partial charge < -0.3 is 5.32 Å². The van der Waals surface area contributed by atoms with E-state index in [0.717, 1.165) is 27.9 Å². The fraction of sp³-hybridized carbons (Fsp3) is 0.250. The van der Waals surface area contributed by atoms with Crippen LogP contribution in [0.3, 0.4) is 0 Å². The lowest BCUT2D eigenvalue weighted by Crippen LogP contribution is -2.00. The number of thiazole rings is 1. The van der Waals surface area contributed by atoms with Crippen LogP contribution in [0.4, 0.5) is 11.4 Å². The molecule has 0 amide bonds. The van der Waals surface area contributed by atoms with Gasteiger partial charge in [0.1, 0.15) is 0 Å². The van der Waals surface area contributed by atoms with E-state index in [1.165, 1.54) is 23.1 Å². The Labute approximate surface area is 119 Å². The second-order valence-corrected chi connectivity index (χ2v) is 6.01. The van der Waals surface area contributed by atoms with Crippen LogP contribution in [0.15, 0.2) is 39.0 Å². The van der Waals surface area contributed by atoms with Crippen molar-refractivity contribution in [2.45, 2.75) is 22.6 Å². The Morgan fingerprint density at radius 3 is 2.95 bits per heavy atom. The number of hydrogen-bond acceptors (Lipinski definition) is 6. The Bertz CT molecular complexity index is 558. The maximum atomic E-state index is 10.9. The minimum absolute atomic E-state index is 0.0974. The molecule has 0 saturated carbocycles. The first-order chi connectivity index (χ1) is 9.19. The van der Waals surface area contributed by atoms with Crippen molar-refractivity contribution in [2.24, 2.45) is 0 Å². The van der Waals surface area contributed by atoms with Crippen LogP contribution in [0.1, 0.15) is 13.3 Å². The highest BCUT2D eigenvalue weighted by atomic mass is 32.2. The summed E-state index contributed by atoms with van der Waals surface area (Å²) in [6, 6.07) is 5.04. The molecule has 0 aliphatic rings. The Balaban J connectivity index is 2.25. The highest BCUT2D eigenvalue weighted by Crippen LogP contribution is 2.33. The van der Waals surface area contributed by atoms with Crippen molar-refractivity contribution < 1.29 is 4.92 Å². The predicted octanol–water partition coefficient (Wildman–Crippen LogP) is 4.02. The Kier molecular flexibility index (Phi) is 4.75. The van der Waals surface area contributed by atoms with Crippen molar-refractivity contribution >= 4 is 34.5 Å². The number of rotatable bonds is 6. The van der Waals surface area contributed by atoms with Crippen LogP contribution in [0.2, 0.25) is 0 Å². The first kappa shape index (κ1) is 13.8. The van der Waals surface area contributed by atoms with Crippen LogP contribution < -0.4 is 5.32 Å². The first-order valence-corrected chi connectivity index (χ1v) is 7.49. The van der Waals surface area contributed by atoms with Gasteiger partial charge in [0.2, 0.25) is 0 Å². The van der Waals surface area contributed by atoms with Gasteiger partial charge in [-0.05, 0) is 12.5 Å². The van der Waals surface area contributed by atoms with E-state index in [4.69, 9.17) is 0 Å². The molecule has 1 N–H and O–H groups in total. The van der Waals surface area contributed by atoms with E-state index in [1.807, 2.05) is 11.4 Å². The third kappa shape index (κ3) is 3.93. The third-order valence-electron chi connectivity index (χ3n) is 2.30. The van der Waals surface area contributed by atoms with Crippen molar-refractivity contribution in [1.82, 2.24) is 4.98 Å². The molecule has 0 bridgehead atoms. The molecule has 1 aromatic carbocycles. The molecule has 0 radical (unpaired) electrons. The quantitative estimate of drug-likeness (QED) is 0.644. The van der Waals surface area contributed by atoms with E-state index >= 15 is 0 Å². The van der Waals surface area contributed by atoms with Crippen LogP contribution in [0, 0.1) is 10.1 Å². The summed E-state index contributed by atoms with van der Waals surface area (Å²) in [6.07, 6.45) is 2.69. The lowest BCUT2D eigenvalue weighted by Gasteiger charge is -2.06. The molecule has 0 saturated heterocycles. The number of aromatic nitrogens is 1. The summed E-state index contributed by atoms with van der Waals surface area (Å²) in [7, 11) is 0. The zero-order chi connectivity index (χ0) is 13.7. The molecular weight excluding hydrogens is 282 g/mol. The van der Waals surface area contributed by atoms with Gasteiger partial charge in [0.25, 0.3) is 5.69 Å². The average molecular weight is 295 g/mol. The smallest absolute Gasteiger partial charge is 0.272 e. The van der Waals surface area contributed by atoms with Gasteiger partial charge in [-0.1, -0.05) is 18.7 Å². The maximum Gasteiger partial charge on any atom is 0.272 e. The van der Waals surface area contributed by atoms with Crippen LogP contribution in [-0.2, 0) is 0 Å². The molecule has 5 nitrogen and oxygen atoms in total. The Hall–Kier alpha value is -1.60. The van der Waals surface area contributed by atoms with Gasteiger partial charge >= 0.3 is 0 Å². The third-order valence-corrected chi connectivity index (χ3v) is 4.15. The van der Waals surface area contributed by atoms with E-state index in [0.29, 0.717) is 0 Å². The monoisotopic (exact) mass is 295 g/mol. The zero-order valence-corrected chi connectivity index (χ0v) is 12.0. The summed E-state index contributed by atoms with van der Waals surface area (Å²) in [5, 5.41) is 16.0. The Morgan fingerprint density at radius 1 is 1.47 bits per heavy atom. The largest absolute Gasteiger partial charge is 0.385 e. The number of non-ortho nitro benzene ring substituents is 1. The highest BCUT2D eigenvalue weighted by Gasteiger charge is 2.11. The van der Waals surface area contributed by atoms with Crippen LogP contribution in [0.5, 0.6) is 0 Å². The molecule has 1 heterocycles. The topological polar surface area (TPSA) is 68.1 Å². The number of nitrogens with one attached hydrogen (secondary N) is 1. The van der Waals surface area contributed by atoms with E-state index in [-0.39, 0.29) is 10.6 Å². The first-order valence-electron chi connectivity index (χ1n) is 5.79. The van der Waals surface area contributed by atoms with Gasteiger partial charge in [0.15, 0.2) is 4.34 Å². The average Bonchev–Trinajstić information content (AvgIpc) is 2.89. The van der Waals surface area contributed by atoms with E-state index < -0.39 is 0 Å². The minimum Gasteiger partial charge on any atom is -0.385 e. The molecule has 7 heteroatoms. The van der Waals surface area contributed by atoms with Gasteiger partial charge in [0.05, 0.1) is 4.92 Å². The molecule has 2 rings (SSSR count). The van der Waals surface area contributed by atoms with Crippen molar-refractivity contribution in [3.05, 3.63) is 39.9 Å². The number of benzene rings is 1.